The van der Waals surface area contributed by atoms with Crippen LogP contribution < -0.4 is 5.11 Å². The molecule has 2 atom stereocenters. The summed E-state index contributed by atoms with van der Waals surface area (Å²) in [4.78, 5) is 36.7. The van der Waals surface area contributed by atoms with E-state index in [-0.39, 0.29) is 42.7 Å². The summed E-state index contributed by atoms with van der Waals surface area (Å²) < 4.78 is 17.1. The lowest BCUT2D eigenvalue weighted by molar-refractivity contribution is -0.889. The molecule has 54 heavy (non-hydrogen) atoms. The summed E-state index contributed by atoms with van der Waals surface area (Å²) in [5.74, 6) is -1.73. The van der Waals surface area contributed by atoms with E-state index in [4.69, 9.17) is 14.2 Å². The predicted molar refractivity (Wildman–Crippen MR) is 222 cm³/mol. The van der Waals surface area contributed by atoms with Crippen LogP contribution in [0.5, 0.6) is 0 Å². The molecule has 0 aromatic carbocycles. The number of unbranched alkanes of at least 4 members (excludes halogenated alkanes) is 22. The third kappa shape index (κ3) is 35.5. The number of carboxylic acid groups (broad SMARTS) is 1. The van der Waals surface area contributed by atoms with Gasteiger partial charge in [-0.15, -0.1) is 0 Å². The summed E-state index contributed by atoms with van der Waals surface area (Å²) in [6.07, 6.45) is 40.7. The molecule has 0 saturated carbocycles. The summed E-state index contributed by atoms with van der Waals surface area (Å²) in [6, 6.07) is -0.721. The summed E-state index contributed by atoms with van der Waals surface area (Å²) in [5.41, 5.74) is 0. The Morgan fingerprint density at radius 1 is 0.574 bits per heavy atom. The molecule has 8 nitrogen and oxygen atoms in total. The quantitative estimate of drug-likeness (QED) is 0.0265. The molecule has 0 rings (SSSR count). The first-order valence-corrected chi connectivity index (χ1v) is 22.4. The highest BCUT2D eigenvalue weighted by Crippen LogP contribution is 2.15. The minimum absolute atomic E-state index is 0.0450. The van der Waals surface area contributed by atoms with Crippen LogP contribution >= 0.6 is 0 Å². The smallest absolute Gasteiger partial charge is 0.306 e. The van der Waals surface area contributed by atoms with Gasteiger partial charge in [0.15, 0.2) is 6.10 Å². The van der Waals surface area contributed by atoms with Gasteiger partial charge in [0, 0.05) is 19.3 Å². The highest BCUT2D eigenvalue weighted by molar-refractivity contribution is 5.70. The van der Waals surface area contributed by atoms with Crippen molar-refractivity contribution in [1.82, 2.24) is 0 Å². The molecular formula is C46H85NO7. The van der Waals surface area contributed by atoms with E-state index in [0.29, 0.717) is 12.8 Å². The van der Waals surface area contributed by atoms with Gasteiger partial charge in [-0.05, 0) is 38.5 Å². The van der Waals surface area contributed by atoms with Crippen LogP contribution in [-0.2, 0) is 28.6 Å². The number of carboxylic acids is 1. The first-order valence-electron chi connectivity index (χ1n) is 22.4. The normalized spacial score (nSPS) is 13.1. The number of esters is 2. The first-order chi connectivity index (χ1) is 26.1. The Labute approximate surface area is 332 Å². The monoisotopic (exact) mass is 764 g/mol. The molecule has 2 unspecified atom stereocenters. The molecule has 0 bridgehead atoms. The Morgan fingerprint density at radius 3 is 1.52 bits per heavy atom. The molecule has 0 aromatic heterocycles. The zero-order valence-electron chi connectivity index (χ0n) is 35.9. The Hall–Kier alpha value is -2.19. The average Bonchev–Trinajstić information content (AvgIpc) is 3.12. The molecule has 0 aliphatic rings. The molecule has 0 aliphatic heterocycles. The first kappa shape index (κ1) is 51.8. The summed E-state index contributed by atoms with van der Waals surface area (Å²) >= 11 is 0. The molecule has 0 spiro atoms. The number of quaternary nitrogens is 1. The lowest BCUT2D eigenvalue weighted by Gasteiger charge is -2.34. The van der Waals surface area contributed by atoms with Crippen molar-refractivity contribution < 1.29 is 38.2 Å². The standard InChI is InChI=1S/C46H85NO7/c1-6-8-10-12-14-16-17-18-19-20-21-22-23-24-25-26-27-29-31-33-35-37-45(49)54-42(40-52-39-38-43(46(50)51)47(3,4)5)41-53-44(48)36-34-32-30-28-15-13-11-9-7-2/h8,10,14,16,42-43H,6-7,9,11-13,15,17-41H2,1-5H3/b10-8+,16-14+. The number of aliphatic carboxylic acids is 1. The second-order valence-corrected chi connectivity index (χ2v) is 16.3. The van der Waals surface area contributed by atoms with Crippen LogP contribution in [-0.4, -0.2) is 75.5 Å². The van der Waals surface area contributed by atoms with E-state index in [1.165, 1.54) is 116 Å². The van der Waals surface area contributed by atoms with Crippen molar-refractivity contribution in [3.8, 4) is 0 Å². The van der Waals surface area contributed by atoms with Gasteiger partial charge in [-0.3, -0.25) is 9.59 Å². The van der Waals surface area contributed by atoms with E-state index >= 15 is 0 Å². The largest absolute Gasteiger partial charge is 0.544 e. The highest BCUT2D eigenvalue weighted by Gasteiger charge is 2.25. The lowest BCUT2D eigenvalue weighted by Crippen LogP contribution is -2.55. The van der Waals surface area contributed by atoms with Gasteiger partial charge in [0.25, 0.3) is 0 Å². The van der Waals surface area contributed by atoms with E-state index in [2.05, 4.69) is 38.2 Å². The van der Waals surface area contributed by atoms with Gasteiger partial charge in [0.1, 0.15) is 12.6 Å². The predicted octanol–water partition coefficient (Wildman–Crippen LogP) is 10.7. The molecule has 0 fully saturated rings. The maximum Gasteiger partial charge on any atom is 0.306 e. The topological polar surface area (TPSA) is 102 Å². The Bertz CT molecular complexity index is 942. The van der Waals surface area contributed by atoms with Gasteiger partial charge in [-0.25, -0.2) is 0 Å². The minimum atomic E-state index is -1.12. The molecule has 0 radical (unpaired) electrons. The fourth-order valence-corrected chi connectivity index (χ4v) is 6.64. The summed E-state index contributed by atoms with van der Waals surface area (Å²) in [5, 5.41) is 11.6. The number of nitrogens with zero attached hydrogens (tertiary/aromatic N) is 1. The molecule has 0 heterocycles. The molecule has 8 heteroatoms. The third-order valence-electron chi connectivity index (χ3n) is 10.1. The van der Waals surface area contributed by atoms with Crippen molar-refractivity contribution in [1.29, 1.82) is 0 Å². The number of allylic oxidation sites excluding steroid dienone is 4. The highest BCUT2D eigenvalue weighted by atomic mass is 16.6. The molecule has 0 aromatic rings. The molecule has 316 valence electrons. The number of carbonyl (C=O) groups is 3. The molecule has 0 aliphatic carbocycles. The van der Waals surface area contributed by atoms with E-state index in [1.807, 2.05) is 0 Å². The SMILES string of the molecule is CC/C=C/C/C=C/CCCCCCCCCCCCCCCCC(=O)OC(COCCC(C(=O)[O-])[N+](C)(C)C)COC(=O)CCCCCCCCCCC. The van der Waals surface area contributed by atoms with Crippen LogP contribution in [0.25, 0.3) is 0 Å². The van der Waals surface area contributed by atoms with Gasteiger partial charge < -0.3 is 28.6 Å². The lowest BCUT2D eigenvalue weighted by atomic mass is 10.0. The average molecular weight is 764 g/mol. The van der Waals surface area contributed by atoms with Crippen LogP contribution in [0.4, 0.5) is 0 Å². The summed E-state index contributed by atoms with van der Waals surface area (Å²) in [6.45, 7) is 4.55. The summed E-state index contributed by atoms with van der Waals surface area (Å²) in [7, 11) is 5.41. The van der Waals surface area contributed by atoms with Crippen molar-refractivity contribution in [3.05, 3.63) is 24.3 Å². The van der Waals surface area contributed by atoms with Gasteiger partial charge in [0.05, 0.1) is 40.3 Å². The maximum absolute atomic E-state index is 12.7. The number of carbonyl (C=O) groups excluding carboxylic acids is 3. The fourth-order valence-electron chi connectivity index (χ4n) is 6.64. The zero-order valence-corrected chi connectivity index (χ0v) is 35.9. The Morgan fingerprint density at radius 2 is 1.04 bits per heavy atom. The minimum Gasteiger partial charge on any atom is -0.544 e. The van der Waals surface area contributed by atoms with E-state index in [0.717, 1.165) is 51.4 Å². The van der Waals surface area contributed by atoms with Crippen LogP contribution in [0.3, 0.4) is 0 Å². The van der Waals surface area contributed by atoms with Gasteiger partial charge in [0.2, 0.25) is 0 Å². The van der Waals surface area contributed by atoms with Crippen molar-refractivity contribution in [3.63, 3.8) is 0 Å². The molecule has 0 saturated heterocycles. The van der Waals surface area contributed by atoms with Crippen molar-refractivity contribution >= 4 is 17.9 Å². The molecule has 0 amide bonds. The zero-order chi connectivity index (χ0) is 40.0. The van der Waals surface area contributed by atoms with Gasteiger partial charge >= 0.3 is 11.9 Å². The number of hydrogen-bond acceptors (Lipinski definition) is 7. The van der Waals surface area contributed by atoms with E-state index in [1.54, 1.807) is 21.1 Å². The number of ether oxygens (including phenoxy) is 3. The van der Waals surface area contributed by atoms with Crippen molar-refractivity contribution in [2.24, 2.45) is 0 Å². The van der Waals surface area contributed by atoms with Crippen LogP contribution in [0.15, 0.2) is 24.3 Å². The number of hydrogen-bond donors (Lipinski definition) is 0. The van der Waals surface area contributed by atoms with Crippen molar-refractivity contribution in [2.45, 2.75) is 212 Å². The number of likely N-dealkylation sites (N-methyl/N-ethyl adjacent to an activating group) is 1. The van der Waals surface area contributed by atoms with Crippen molar-refractivity contribution in [2.75, 3.05) is 41.0 Å². The Balaban J connectivity index is 4.19. The number of rotatable bonds is 40. The maximum atomic E-state index is 12.7. The second-order valence-electron chi connectivity index (χ2n) is 16.3. The van der Waals surface area contributed by atoms with Crippen LogP contribution in [0, 0.1) is 0 Å². The molecule has 0 N–H and O–H groups in total. The van der Waals surface area contributed by atoms with Crippen LogP contribution in [0.1, 0.15) is 200 Å². The second kappa shape index (κ2) is 37.7. The van der Waals surface area contributed by atoms with E-state index in [9.17, 15) is 19.5 Å². The van der Waals surface area contributed by atoms with Crippen LogP contribution in [0.2, 0.25) is 0 Å². The van der Waals surface area contributed by atoms with Gasteiger partial charge in [-0.1, -0.05) is 167 Å². The molecular weight excluding hydrogens is 679 g/mol. The fraction of sp³-hybridized carbons (Fsp3) is 0.848. The van der Waals surface area contributed by atoms with E-state index < -0.39 is 18.1 Å². The Kier molecular flexibility index (Phi) is 36.2. The van der Waals surface area contributed by atoms with Gasteiger partial charge in [-0.2, -0.15) is 0 Å². The third-order valence-corrected chi connectivity index (χ3v) is 10.1.